The van der Waals surface area contributed by atoms with Crippen LogP contribution in [-0.2, 0) is 19.6 Å². The number of hydrogen-bond acceptors (Lipinski definition) is 7. The summed E-state index contributed by atoms with van der Waals surface area (Å²) in [5.41, 5.74) is 2.43. The Hall–Kier alpha value is -2.89. The van der Waals surface area contributed by atoms with Crippen molar-refractivity contribution in [3.8, 4) is 6.19 Å². The fraction of sp³-hybridized carbons (Fsp3) is 0.607. The van der Waals surface area contributed by atoms with Crippen LogP contribution in [0.3, 0.4) is 0 Å². The van der Waals surface area contributed by atoms with Crippen LogP contribution in [0.1, 0.15) is 56.5 Å². The molecule has 1 N–H and O–H groups in total. The number of nitriles is 1. The second-order valence-electron chi connectivity index (χ2n) is 9.79. The lowest BCUT2D eigenvalue weighted by Crippen LogP contribution is -2.36. The van der Waals surface area contributed by atoms with Gasteiger partial charge in [0.05, 0.1) is 26.2 Å². The van der Waals surface area contributed by atoms with Gasteiger partial charge in [0, 0.05) is 39.1 Å². The zero-order chi connectivity index (χ0) is 25.6. The lowest BCUT2D eigenvalue weighted by atomic mass is 10.1. The Balaban J connectivity index is 1.49. The predicted molar refractivity (Wildman–Crippen MR) is 146 cm³/mol. The maximum Gasteiger partial charge on any atom is 0.179 e. The number of nitrogens with one attached hydrogen (secondary N) is 1. The number of imidazole rings is 1. The van der Waals surface area contributed by atoms with Crippen LogP contribution in [0.2, 0.25) is 0 Å². The van der Waals surface area contributed by atoms with Gasteiger partial charge in [-0.3, -0.25) is 9.89 Å². The average Bonchev–Trinajstić information content (AvgIpc) is 3.54. The molecule has 0 amide bonds. The third-order valence-corrected chi connectivity index (χ3v) is 6.64. The second-order valence-corrected chi connectivity index (χ2v) is 9.79. The molecule has 0 saturated carbocycles. The molecule has 0 bridgehead atoms. The van der Waals surface area contributed by atoms with Gasteiger partial charge in [-0.2, -0.15) is 5.26 Å². The molecule has 1 aliphatic rings. The first-order chi connectivity index (χ1) is 17.6. The minimum atomic E-state index is 0.669. The molecular weight excluding hydrogens is 448 g/mol. The largest absolute Gasteiger partial charge is 0.360 e. The van der Waals surface area contributed by atoms with Gasteiger partial charge < -0.3 is 19.7 Å². The van der Waals surface area contributed by atoms with Crippen LogP contribution in [0.15, 0.2) is 41.7 Å². The Kier molecular flexibility index (Phi) is 11.7. The monoisotopic (exact) mass is 492 g/mol. The van der Waals surface area contributed by atoms with E-state index in [0.717, 1.165) is 70.3 Å². The van der Waals surface area contributed by atoms with Crippen LogP contribution in [0.4, 0.5) is 0 Å². The van der Waals surface area contributed by atoms with E-state index in [4.69, 9.17) is 0 Å². The highest BCUT2D eigenvalue weighted by Crippen LogP contribution is 2.13. The zero-order valence-electron chi connectivity index (χ0n) is 22.5. The normalized spacial score (nSPS) is 13.4. The Morgan fingerprint density at radius 3 is 2.19 bits per heavy atom. The molecular formula is C28H44N8. The topological polar surface area (TPSA) is 77.8 Å². The fourth-order valence-corrected chi connectivity index (χ4v) is 4.71. The first kappa shape index (κ1) is 27.7. The third-order valence-electron chi connectivity index (χ3n) is 6.64. The van der Waals surface area contributed by atoms with Crippen molar-refractivity contribution in [3.63, 3.8) is 0 Å². The summed E-state index contributed by atoms with van der Waals surface area (Å²) in [5.74, 6) is 2.10. The summed E-state index contributed by atoms with van der Waals surface area (Å²) in [7, 11) is 2.11. The highest BCUT2D eigenvalue weighted by atomic mass is 15.3. The quantitative estimate of drug-likeness (QED) is 0.205. The summed E-state index contributed by atoms with van der Waals surface area (Å²) in [4.78, 5) is 21.3. The summed E-state index contributed by atoms with van der Waals surface area (Å²) in [6, 6.07) is 8.70. The standard InChI is InChI=1S/C28H44N8/c1-4-15-34(16-5-2)17-6-7-18-35(24-29)20-25-8-10-26(11-9-25)21-36(22-27-30-12-13-31-27)23-28-32-14-19-33(28)3/h8-13H,4-7,14-23H2,1-3H3,(H,30,31). The van der Waals surface area contributed by atoms with Gasteiger partial charge in [-0.05, 0) is 56.4 Å². The molecule has 1 aliphatic heterocycles. The molecule has 36 heavy (non-hydrogen) atoms. The number of rotatable bonds is 17. The first-order valence-electron chi connectivity index (χ1n) is 13.5. The van der Waals surface area contributed by atoms with Gasteiger partial charge in [0.25, 0.3) is 0 Å². The molecule has 0 spiro atoms. The number of hydrogen-bond donors (Lipinski definition) is 1. The van der Waals surface area contributed by atoms with Crippen LogP contribution in [0, 0.1) is 11.5 Å². The third kappa shape index (κ3) is 9.29. The van der Waals surface area contributed by atoms with E-state index in [1.54, 1.807) is 6.20 Å². The van der Waals surface area contributed by atoms with Crippen LogP contribution >= 0.6 is 0 Å². The van der Waals surface area contributed by atoms with Crippen LogP contribution in [-0.4, -0.2) is 88.3 Å². The van der Waals surface area contributed by atoms with Gasteiger partial charge in [-0.1, -0.05) is 38.1 Å². The second kappa shape index (κ2) is 15.3. The molecule has 3 rings (SSSR count). The molecule has 0 saturated heterocycles. The molecule has 196 valence electrons. The predicted octanol–water partition coefficient (Wildman–Crippen LogP) is 3.94. The maximum atomic E-state index is 9.65. The number of aliphatic imine (C=N–C) groups is 1. The number of amidine groups is 1. The maximum absolute atomic E-state index is 9.65. The van der Waals surface area contributed by atoms with Gasteiger partial charge in [-0.25, -0.2) is 4.98 Å². The lowest BCUT2D eigenvalue weighted by molar-refractivity contribution is 0.261. The number of likely N-dealkylation sites (N-methyl/N-ethyl adjacent to an activating group) is 1. The van der Waals surface area contributed by atoms with Crippen LogP contribution in [0.5, 0.6) is 0 Å². The van der Waals surface area contributed by atoms with Gasteiger partial charge in [0.2, 0.25) is 0 Å². The number of benzene rings is 1. The summed E-state index contributed by atoms with van der Waals surface area (Å²) in [6.07, 6.45) is 10.7. The summed E-state index contributed by atoms with van der Waals surface area (Å²) in [6.45, 7) is 13.7. The van der Waals surface area contributed by atoms with Gasteiger partial charge in [0.15, 0.2) is 6.19 Å². The number of unbranched alkanes of at least 4 members (excludes halogenated alkanes) is 1. The van der Waals surface area contributed by atoms with E-state index in [0.29, 0.717) is 6.54 Å². The van der Waals surface area contributed by atoms with E-state index < -0.39 is 0 Å². The summed E-state index contributed by atoms with van der Waals surface area (Å²) in [5, 5.41) is 9.65. The average molecular weight is 493 g/mol. The highest BCUT2D eigenvalue weighted by molar-refractivity contribution is 5.85. The van der Waals surface area contributed by atoms with Crippen LogP contribution in [0.25, 0.3) is 0 Å². The first-order valence-corrected chi connectivity index (χ1v) is 13.5. The molecule has 2 aromatic rings. The molecule has 0 atom stereocenters. The van der Waals surface area contributed by atoms with E-state index in [-0.39, 0.29) is 0 Å². The minimum absolute atomic E-state index is 0.669. The Labute approximate surface area is 217 Å². The molecule has 1 aromatic carbocycles. The molecule has 8 heteroatoms. The SMILES string of the molecule is CCCN(CCC)CCCCN(C#N)Cc1ccc(CN(CC2=NCCN2C)Cc2ncc[nH]2)cc1. The number of nitrogens with zero attached hydrogens (tertiary/aromatic N) is 7. The van der Waals surface area contributed by atoms with Crippen LogP contribution < -0.4 is 0 Å². The van der Waals surface area contributed by atoms with Gasteiger partial charge >= 0.3 is 0 Å². The van der Waals surface area contributed by atoms with Crippen molar-refractivity contribution in [1.29, 1.82) is 5.26 Å². The van der Waals surface area contributed by atoms with E-state index in [2.05, 4.69) is 81.0 Å². The molecule has 0 unspecified atom stereocenters. The van der Waals surface area contributed by atoms with Crippen molar-refractivity contribution in [2.45, 2.75) is 59.2 Å². The molecule has 8 nitrogen and oxygen atoms in total. The highest BCUT2D eigenvalue weighted by Gasteiger charge is 2.18. The Morgan fingerprint density at radius 1 is 0.917 bits per heavy atom. The van der Waals surface area contributed by atoms with Crippen molar-refractivity contribution >= 4 is 5.84 Å². The van der Waals surface area contributed by atoms with Gasteiger partial charge in [0.1, 0.15) is 11.7 Å². The Morgan fingerprint density at radius 2 is 1.61 bits per heavy atom. The van der Waals surface area contributed by atoms with E-state index in [1.165, 1.54) is 37.1 Å². The number of H-pyrrole nitrogens is 1. The smallest absolute Gasteiger partial charge is 0.179 e. The van der Waals surface area contributed by atoms with Gasteiger partial charge in [-0.15, -0.1) is 0 Å². The van der Waals surface area contributed by atoms with Crippen molar-refractivity contribution in [3.05, 3.63) is 53.6 Å². The van der Waals surface area contributed by atoms with Crippen molar-refractivity contribution in [1.82, 2.24) is 29.6 Å². The summed E-state index contributed by atoms with van der Waals surface area (Å²) >= 11 is 0. The van der Waals surface area contributed by atoms with Crippen molar-refractivity contribution in [2.24, 2.45) is 4.99 Å². The van der Waals surface area contributed by atoms with Crippen molar-refractivity contribution in [2.75, 3.05) is 52.9 Å². The van der Waals surface area contributed by atoms with E-state index in [9.17, 15) is 5.26 Å². The minimum Gasteiger partial charge on any atom is -0.360 e. The van der Waals surface area contributed by atoms with E-state index in [1.807, 2.05) is 11.1 Å². The zero-order valence-corrected chi connectivity index (χ0v) is 22.5. The fourth-order valence-electron chi connectivity index (χ4n) is 4.71. The molecule has 2 heterocycles. The Bertz CT molecular complexity index is 925. The molecule has 0 aliphatic carbocycles. The number of aromatic amines is 1. The molecule has 1 aromatic heterocycles. The molecule has 0 fully saturated rings. The van der Waals surface area contributed by atoms with Crippen molar-refractivity contribution < 1.29 is 0 Å². The number of aromatic nitrogens is 2. The summed E-state index contributed by atoms with van der Waals surface area (Å²) < 4.78 is 0. The lowest BCUT2D eigenvalue weighted by Gasteiger charge is -2.24. The molecule has 0 radical (unpaired) electrons. The van der Waals surface area contributed by atoms with E-state index >= 15 is 0 Å².